The van der Waals surface area contributed by atoms with Crippen molar-refractivity contribution in [3.8, 4) is 0 Å². The van der Waals surface area contributed by atoms with Crippen LogP contribution in [0.2, 0.25) is 0 Å². The highest BCUT2D eigenvalue weighted by Gasteiger charge is 2.44. The highest BCUT2D eigenvalue weighted by Crippen LogP contribution is 2.41. The predicted octanol–water partition coefficient (Wildman–Crippen LogP) is 2.70. The van der Waals surface area contributed by atoms with Crippen molar-refractivity contribution in [2.45, 2.75) is 50.0 Å². The molecule has 2 bridgehead atoms. The van der Waals surface area contributed by atoms with Gasteiger partial charge in [-0.05, 0) is 37.8 Å². The molecule has 4 rings (SSSR count). The molecule has 1 amide bonds. The molecule has 2 fully saturated rings. The number of piperidine rings is 1. The molecule has 0 saturated carbocycles. The van der Waals surface area contributed by atoms with E-state index in [1.54, 1.807) is 17.2 Å². The summed E-state index contributed by atoms with van der Waals surface area (Å²) in [6.07, 6.45) is 3.07. The summed E-state index contributed by atoms with van der Waals surface area (Å²) >= 11 is 0. The fourth-order valence-corrected chi connectivity index (χ4v) is 3.92. The highest BCUT2D eigenvalue weighted by atomic mass is 19.4. The summed E-state index contributed by atoms with van der Waals surface area (Å²) in [5.41, 5.74) is -0.795. The number of rotatable bonds is 2. The Balaban J connectivity index is 1.52. The number of nitrogens with zero attached hydrogens (tertiary/aromatic N) is 5. The van der Waals surface area contributed by atoms with Gasteiger partial charge in [-0.2, -0.15) is 28.2 Å². The normalized spacial score (nSPS) is 26.0. The van der Waals surface area contributed by atoms with Crippen molar-refractivity contribution in [1.82, 2.24) is 24.9 Å². The second kappa shape index (κ2) is 5.82. The van der Waals surface area contributed by atoms with Crippen LogP contribution in [-0.2, 0) is 6.18 Å². The van der Waals surface area contributed by atoms with E-state index >= 15 is 0 Å². The molecule has 0 aliphatic carbocycles. The maximum Gasteiger partial charge on any atom is 0.433 e. The lowest BCUT2D eigenvalue weighted by molar-refractivity contribution is -0.141. The molecule has 2 saturated heterocycles. The molecule has 6 nitrogen and oxygen atoms in total. The quantitative estimate of drug-likeness (QED) is 0.835. The van der Waals surface area contributed by atoms with E-state index < -0.39 is 11.9 Å². The summed E-state index contributed by atoms with van der Waals surface area (Å²) in [5, 5.41) is 8.37. The maximum absolute atomic E-state index is 12.8. The van der Waals surface area contributed by atoms with E-state index in [1.807, 2.05) is 4.90 Å². The van der Waals surface area contributed by atoms with Gasteiger partial charge in [0.05, 0.1) is 24.0 Å². The lowest BCUT2D eigenvalue weighted by Gasteiger charge is -2.38. The molecule has 0 spiro atoms. The molecule has 0 radical (unpaired) electrons. The number of hydrogen-bond donors (Lipinski definition) is 0. The Kier molecular flexibility index (Phi) is 3.73. The number of aromatic nitrogens is 4. The Morgan fingerprint density at radius 2 is 1.68 bits per heavy atom. The molecule has 2 aliphatic rings. The molecule has 2 aliphatic heterocycles. The Morgan fingerprint density at radius 3 is 2.20 bits per heavy atom. The van der Waals surface area contributed by atoms with Crippen LogP contribution in [-0.4, -0.2) is 42.9 Å². The van der Waals surface area contributed by atoms with Crippen LogP contribution in [0.1, 0.15) is 47.8 Å². The number of fused-ring (bicyclic) bond motifs is 2. The van der Waals surface area contributed by atoms with Crippen LogP contribution in [0.3, 0.4) is 0 Å². The molecule has 9 heteroatoms. The first-order valence-electron chi connectivity index (χ1n) is 8.15. The van der Waals surface area contributed by atoms with Crippen molar-refractivity contribution in [1.29, 1.82) is 0 Å². The fraction of sp³-hybridized carbons (Fsp3) is 0.500. The molecule has 2 aromatic rings. The largest absolute Gasteiger partial charge is 0.433 e. The van der Waals surface area contributed by atoms with Crippen molar-refractivity contribution in [3.63, 3.8) is 0 Å². The Labute approximate surface area is 141 Å². The first kappa shape index (κ1) is 16.0. The predicted molar refractivity (Wildman–Crippen MR) is 80.5 cm³/mol. The van der Waals surface area contributed by atoms with Gasteiger partial charge in [-0.25, -0.2) is 0 Å². The number of pyridine rings is 1. The lowest BCUT2D eigenvalue weighted by atomic mass is 9.97. The molecule has 4 heterocycles. The Morgan fingerprint density at radius 1 is 1.04 bits per heavy atom. The van der Waals surface area contributed by atoms with Gasteiger partial charge in [-0.15, -0.1) is 0 Å². The number of carbonyl (C=O) groups is 1. The van der Waals surface area contributed by atoms with E-state index in [0.29, 0.717) is 0 Å². The third-order valence-electron chi connectivity index (χ3n) is 5.01. The average molecular weight is 351 g/mol. The third kappa shape index (κ3) is 2.87. The Hall–Kier alpha value is -2.45. The molecular formula is C16H16F3N5O. The minimum absolute atomic E-state index is 0.0598. The lowest BCUT2D eigenvalue weighted by Crippen LogP contribution is -2.47. The van der Waals surface area contributed by atoms with Gasteiger partial charge >= 0.3 is 6.18 Å². The van der Waals surface area contributed by atoms with Crippen molar-refractivity contribution < 1.29 is 18.0 Å². The summed E-state index contributed by atoms with van der Waals surface area (Å²) in [6.45, 7) is 0. The van der Waals surface area contributed by atoms with Gasteiger partial charge in [0, 0.05) is 18.3 Å². The van der Waals surface area contributed by atoms with Gasteiger partial charge in [0.15, 0.2) is 0 Å². The van der Waals surface area contributed by atoms with Crippen LogP contribution in [0.25, 0.3) is 0 Å². The molecule has 0 N–H and O–H groups in total. The topological polar surface area (TPSA) is 63.9 Å². The summed E-state index contributed by atoms with van der Waals surface area (Å²) in [4.78, 5) is 19.7. The summed E-state index contributed by atoms with van der Waals surface area (Å²) in [7, 11) is 0. The standard InChI is InChI=1S/C16H16F3N5O/c17-16(18,19)14-4-1-10(9-20-14)15(25)23-11-2-3-12(23)8-13(7-11)24-21-5-6-22-24/h1,4-6,9,11-13H,2-3,7-8H2. The summed E-state index contributed by atoms with van der Waals surface area (Å²) < 4.78 is 37.8. The first-order chi connectivity index (χ1) is 11.9. The van der Waals surface area contributed by atoms with Gasteiger partial charge in [0.2, 0.25) is 0 Å². The van der Waals surface area contributed by atoms with Crippen molar-refractivity contribution in [3.05, 3.63) is 42.0 Å². The van der Waals surface area contributed by atoms with Crippen LogP contribution in [0, 0.1) is 0 Å². The first-order valence-corrected chi connectivity index (χ1v) is 8.15. The van der Waals surface area contributed by atoms with Gasteiger partial charge in [-0.1, -0.05) is 0 Å². The molecular weight excluding hydrogens is 335 g/mol. The van der Waals surface area contributed by atoms with Crippen molar-refractivity contribution >= 4 is 5.91 Å². The number of halogens is 3. The van der Waals surface area contributed by atoms with E-state index in [0.717, 1.165) is 37.9 Å². The molecule has 25 heavy (non-hydrogen) atoms. The smallest absolute Gasteiger partial charge is 0.332 e. The van der Waals surface area contributed by atoms with Crippen LogP contribution in [0.15, 0.2) is 30.7 Å². The summed E-state index contributed by atoms with van der Waals surface area (Å²) in [6, 6.07) is 2.34. The third-order valence-corrected chi connectivity index (χ3v) is 5.01. The summed E-state index contributed by atoms with van der Waals surface area (Å²) in [5.74, 6) is -0.249. The zero-order chi connectivity index (χ0) is 17.6. The van der Waals surface area contributed by atoms with Gasteiger partial charge in [0.1, 0.15) is 5.69 Å². The molecule has 2 unspecified atom stereocenters. The molecule has 132 valence electrons. The zero-order valence-corrected chi connectivity index (χ0v) is 13.2. The number of amides is 1. The molecule has 2 atom stereocenters. The van der Waals surface area contributed by atoms with Crippen LogP contribution in [0.5, 0.6) is 0 Å². The number of carbonyl (C=O) groups excluding carboxylic acids is 1. The van der Waals surface area contributed by atoms with Crippen LogP contribution in [0.4, 0.5) is 13.2 Å². The highest BCUT2D eigenvalue weighted by molar-refractivity contribution is 5.94. The second-order valence-corrected chi connectivity index (χ2v) is 6.50. The minimum atomic E-state index is -4.50. The van der Waals surface area contributed by atoms with Gasteiger partial charge < -0.3 is 4.90 Å². The van der Waals surface area contributed by atoms with E-state index in [9.17, 15) is 18.0 Å². The SMILES string of the molecule is O=C(c1ccc(C(F)(F)F)nc1)N1C2CCC1CC(n1nccn1)C2. The monoisotopic (exact) mass is 351 g/mol. The average Bonchev–Trinajstić information content (AvgIpc) is 3.20. The van der Waals surface area contributed by atoms with Crippen LogP contribution < -0.4 is 0 Å². The van der Waals surface area contributed by atoms with Gasteiger partial charge in [0.25, 0.3) is 5.91 Å². The van der Waals surface area contributed by atoms with E-state index in [4.69, 9.17) is 0 Å². The molecule has 2 aromatic heterocycles. The second-order valence-electron chi connectivity index (χ2n) is 6.50. The number of alkyl halides is 3. The van der Waals surface area contributed by atoms with E-state index in [1.165, 1.54) is 6.07 Å². The van der Waals surface area contributed by atoms with Crippen molar-refractivity contribution in [2.75, 3.05) is 0 Å². The van der Waals surface area contributed by atoms with E-state index in [2.05, 4.69) is 15.2 Å². The van der Waals surface area contributed by atoms with Crippen molar-refractivity contribution in [2.24, 2.45) is 0 Å². The molecule has 0 aromatic carbocycles. The van der Waals surface area contributed by atoms with E-state index in [-0.39, 0.29) is 29.6 Å². The maximum atomic E-state index is 12.8. The Bertz CT molecular complexity index is 745. The zero-order valence-electron chi connectivity index (χ0n) is 13.2. The fourth-order valence-electron chi connectivity index (χ4n) is 3.92. The minimum Gasteiger partial charge on any atom is -0.332 e. The van der Waals surface area contributed by atoms with Crippen LogP contribution >= 0.6 is 0 Å². The van der Waals surface area contributed by atoms with Gasteiger partial charge in [-0.3, -0.25) is 9.78 Å². The number of hydrogen-bond acceptors (Lipinski definition) is 4.